The van der Waals surface area contributed by atoms with E-state index in [-0.39, 0.29) is 0 Å². The van der Waals surface area contributed by atoms with Gasteiger partial charge in [0.25, 0.3) is 0 Å². The lowest BCUT2D eigenvalue weighted by Crippen LogP contribution is -2.44. The zero-order chi connectivity index (χ0) is 19.6. The number of rotatable bonds is 8. The van der Waals surface area contributed by atoms with Crippen LogP contribution in [0.4, 0.5) is 0 Å². The monoisotopic (exact) mass is 386 g/mol. The summed E-state index contributed by atoms with van der Waals surface area (Å²) in [5.74, 6) is 2.44. The molecule has 1 N–H and O–H groups in total. The molecule has 1 unspecified atom stereocenters. The second kappa shape index (κ2) is 11.4. The Morgan fingerprint density at radius 1 is 1.11 bits per heavy atom. The Bertz CT molecular complexity index is 584. The molecule has 2 fully saturated rings. The van der Waals surface area contributed by atoms with Crippen molar-refractivity contribution in [1.29, 1.82) is 0 Å². The van der Waals surface area contributed by atoms with Gasteiger partial charge in [0.2, 0.25) is 0 Å². The summed E-state index contributed by atoms with van der Waals surface area (Å²) in [6.45, 7) is 10.7. The van der Waals surface area contributed by atoms with E-state index in [0.717, 1.165) is 38.1 Å². The van der Waals surface area contributed by atoms with Crippen LogP contribution in [0.2, 0.25) is 0 Å². The number of hydrogen-bond donors (Lipinski definition) is 1. The van der Waals surface area contributed by atoms with Crippen molar-refractivity contribution in [3.8, 4) is 0 Å². The van der Waals surface area contributed by atoms with Crippen LogP contribution in [0.3, 0.4) is 0 Å². The fraction of sp³-hybridized carbons (Fsp3) is 0.696. The summed E-state index contributed by atoms with van der Waals surface area (Å²) in [5, 5.41) is 3.65. The Labute approximate surface area is 171 Å². The maximum Gasteiger partial charge on any atom is 0.193 e. The van der Waals surface area contributed by atoms with Crippen molar-refractivity contribution in [2.24, 2.45) is 16.8 Å². The Morgan fingerprint density at radius 3 is 2.57 bits per heavy atom. The van der Waals surface area contributed by atoms with E-state index >= 15 is 0 Å². The average molecular weight is 387 g/mol. The van der Waals surface area contributed by atoms with Crippen LogP contribution in [0.5, 0.6) is 0 Å². The lowest BCUT2D eigenvalue weighted by atomic mass is 9.97. The molecule has 28 heavy (non-hydrogen) atoms. The second-order valence-corrected chi connectivity index (χ2v) is 8.31. The van der Waals surface area contributed by atoms with Crippen LogP contribution in [0.25, 0.3) is 0 Å². The van der Waals surface area contributed by atoms with Gasteiger partial charge in [0, 0.05) is 32.6 Å². The van der Waals surface area contributed by atoms with E-state index < -0.39 is 0 Å². The molecule has 0 saturated carbocycles. The highest BCUT2D eigenvalue weighted by molar-refractivity contribution is 5.80. The summed E-state index contributed by atoms with van der Waals surface area (Å²) in [6, 6.07) is 10.4. The van der Waals surface area contributed by atoms with Crippen molar-refractivity contribution in [2.45, 2.75) is 39.2 Å². The van der Waals surface area contributed by atoms with Crippen molar-refractivity contribution in [3.63, 3.8) is 0 Å². The van der Waals surface area contributed by atoms with Crippen LogP contribution in [-0.4, -0.2) is 68.7 Å². The summed E-state index contributed by atoms with van der Waals surface area (Å²) in [7, 11) is 1.91. The fourth-order valence-corrected chi connectivity index (χ4v) is 4.38. The summed E-state index contributed by atoms with van der Waals surface area (Å²) < 4.78 is 5.96. The summed E-state index contributed by atoms with van der Waals surface area (Å²) in [5.41, 5.74) is 1.25. The first-order valence-corrected chi connectivity index (χ1v) is 11.1. The Kier molecular flexibility index (Phi) is 8.62. The maximum absolute atomic E-state index is 5.96. The van der Waals surface area contributed by atoms with Gasteiger partial charge in [-0.3, -0.25) is 4.99 Å². The minimum atomic E-state index is 0.597. The third kappa shape index (κ3) is 6.49. The van der Waals surface area contributed by atoms with E-state index in [9.17, 15) is 0 Å². The van der Waals surface area contributed by atoms with Gasteiger partial charge in [-0.15, -0.1) is 0 Å². The zero-order valence-electron chi connectivity index (χ0n) is 17.8. The van der Waals surface area contributed by atoms with Crippen LogP contribution in [0, 0.1) is 11.8 Å². The molecule has 1 aromatic rings. The molecule has 156 valence electrons. The van der Waals surface area contributed by atoms with Crippen LogP contribution < -0.4 is 5.32 Å². The van der Waals surface area contributed by atoms with E-state index in [0.29, 0.717) is 12.5 Å². The number of guanidine groups is 1. The smallest absolute Gasteiger partial charge is 0.193 e. The van der Waals surface area contributed by atoms with Gasteiger partial charge in [0.15, 0.2) is 5.96 Å². The highest BCUT2D eigenvalue weighted by Gasteiger charge is 2.26. The molecule has 5 nitrogen and oxygen atoms in total. The van der Waals surface area contributed by atoms with Gasteiger partial charge in [-0.25, -0.2) is 0 Å². The molecule has 2 heterocycles. The standard InChI is InChI=1S/C23H38N4O/c1-3-12-26-13-9-20(10-14-26)16-25-23(24-2)27-15-11-22(17-27)19-28-18-21-7-5-4-6-8-21/h4-8,20,22H,3,9-19H2,1-2H3,(H,24,25). The van der Waals surface area contributed by atoms with Gasteiger partial charge in [-0.2, -0.15) is 0 Å². The molecule has 2 aliphatic heterocycles. The molecule has 2 saturated heterocycles. The van der Waals surface area contributed by atoms with E-state index in [1.165, 1.54) is 50.9 Å². The third-order valence-electron chi connectivity index (χ3n) is 6.06. The lowest BCUT2D eigenvalue weighted by molar-refractivity contribution is 0.0906. The summed E-state index contributed by atoms with van der Waals surface area (Å²) in [4.78, 5) is 9.55. The highest BCUT2D eigenvalue weighted by atomic mass is 16.5. The molecule has 0 amide bonds. The van der Waals surface area contributed by atoms with Gasteiger partial charge in [-0.05, 0) is 56.8 Å². The molecule has 1 atom stereocenters. The van der Waals surface area contributed by atoms with E-state index in [2.05, 4.69) is 51.3 Å². The van der Waals surface area contributed by atoms with Crippen molar-refractivity contribution in [2.75, 3.05) is 52.9 Å². The zero-order valence-corrected chi connectivity index (χ0v) is 17.8. The number of piperidine rings is 1. The number of ether oxygens (including phenoxy) is 1. The number of benzene rings is 1. The van der Waals surface area contributed by atoms with E-state index in [4.69, 9.17) is 4.74 Å². The summed E-state index contributed by atoms with van der Waals surface area (Å²) in [6.07, 6.45) is 5.06. The molecular formula is C23H38N4O. The molecule has 0 aliphatic carbocycles. The normalized spacial score (nSPS) is 22.0. The predicted octanol–water partition coefficient (Wildman–Crippen LogP) is 3.22. The largest absolute Gasteiger partial charge is 0.376 e. The minimum Gasteiger partial charge on any atom is -0.376 e. The first-order valence-electron chi connectivity index (χ1n) is 11.1. The highest BCUT2D eigenvalue weighted by Crippen LogP contribution is 2.19. The van der Waals surface area contributed by atoms with Gasteiger partial charge < -0.3 is 19.9 Å². The summed E-state index contributed by atoms with van der Waals surface area (Å²) >= 11 is 0. The minimum absolute atomic E-state index is 0.597. The van der Waals surface area contributed by atoms with E-state index in [1.54, 1.807) is 0 Å². The van der Waals surface area contributed by atoms with Crippen molar-refractivity contribution < 1.29 is 4.74 Å². The number of nitrogens with one attached hydrogen (secondary N) is 1. The molecule has 0 radical (unpaired) electrons. The molecule has 0 spiro atoms. The number of hydrogen-bond acceptors (Lipinski definition) is 3. The van der Waals surface area contributed by atoms with Crippen LogP contribution in [0.1, 0.15) is 38.2 Å². The number of aliphatic imine (C=N–C) groups is 1. The molecule has 3 rings (SSSR count). The van der Waals surface area contributed by atoms with Crippen molar-refractivity contribution in [3.05, 3.63) is 35.9 Å². The second-order valence-electron chi connectivity index (χ2n) is 8.31. The lowest BCUT2D eigenvalue weighted by Gasteiger charge is -2.32. The van der Waals surface area contributed by atoms with Gasteiger partial charge >= 0.3 is 0 Å². The number of nitrogens with zero attached hydrogens (tertiary/aromatic N) is 3. The van der Waals surface area contributed by atoms with Crippen LogP contribution in [-0.2, 0) is 11.3 Å². The third-order valence-corrected chi connectivity index (χ3v) is 6.06. The molecule has 5 heteroatoms. The first-order chi connectivity index (χ1) is 13.8. The quantitative estimate of drug-likeness (QED) is 0.550. The topological polar surface area (TPSA) is 40.1 Å². The van der Waals surface area contributed by atoms with Gasteiger partial charge in [0.1, 0.15) is 0 Å². The van der Waals surface area contributed by atoms with Crippen molar-refractivity contribution in [1.82, 2.24) is 15.1 Å². The number of likely N-dealkylation sites (tertiary alicyclic amines) is 2. The van der Waals surface area contributed by atoms with Crippen molar-refractivity contribution >= 4 is 5.96 Å². The predicted molar refractivity (Wildman–Crippen MR) is 117 cm³/mol. The Hall–Kier alpha value is -1.59. The molecular weight excluding hydrogens is 348 g/mol. The molecule has 2 aliphatic rings. The Balaban J connectivity index is 1.34. The maximum atomic E-state index is 5.96. The van der Waals surface area contributed by atoms with Gasteiger partial charge in [0.05, 0.1) is 13.2 Å². The van der Waals surface area contributed by atoms with Gasteiger partial charge in [-0.1, -0.05) is 37.3 Å². The average Bonchev–Trinajstić information content (AvgIpc) is 3.19. The molecule has 1 aromatic carbocycles. The van der Waals surface area contributed by atoms with E-state index in [1.807, 2.05) is 13.1 Å². The molecule has 0 bridgehead atoms. The van der Waals surface area contributed by atoms with Crippen LogP contribution >= 0.6 is 0 Å². The Morgan fingerprint density at radius 2 is 1.86 bits per heavy atom. The van der Waals surface area contributed by atoms with Crippen LogP contribution in [0.15, 0.2) is 35.3 Å². The molecule has 0 aromatic heterocycles. The first kappa shape index (κ1) is 21.1. The fourth-order valence-electron chi connectivity index (χ4n) is 4.38. The SMILES string of the molecule is CCCN1CCC(CNC(=NC)N2CCC(COCc3ccccc3)C2)CC1.